The van der Waals surface area contributed by atoms with Gasteiger partial charge in [0.1, 0.15) is 5.75 Å². The molecule has 0 fully saturated rings. The summed E-state index contributed by atoms with van der Waals surface area (Å²) < 4.78 is 50.0. The summed E-state index contributed by atoms with van der Waals surface area (Å²) in [6, 6.07) is 9.92. The number of rotatable bonds is 5. The largest absolute Gasteiger partial charge is 0.494 e. The minimum Gasteiger partial charge on any atom is -0.494 e. The molecule has 1 heterocycles. The SMILES string of the molecule is CCOc1ccc2c(C(=O)OC)c(CBr)c(-c3cccc(C(F)(F)F)c3)nc2c1. The number of hydrogen-bond donors (Lipinski definition) is 0. The van der Waals surface area contributed by atoms with Crippen molar-refractivity contribution < 1.29 is 27.4 Å². The van der Waals surface area contributed by atoms with Gasteiger partial charge < -0.3 is 9.47 Å². The van der Waals surface area contributed by atoms with Crippen LogP contribution in [0.25, 0.3) is 22.2 Å². The van der Waals surface area contributed by atoms with Gasteiger partial charge in [-0.3, -0.25) is 0 Å². The molecule has 0 unspecified atom stereocenters. The molecule has 0 bridgehead atoms. The lowest BCUT2D eigenvalue weighted by Crippen LogP contribution is -2.10. The Hall–Kier alpha value is -2.61. The molecule has 1 aromatic heterocycles. The van der Waals surface area contributed by atoms with Crippen molar-refractivity contribution in [3.05, 3.63) is 59.2 Å². The van der Waals surface area contributed by atoms with Crippen LogP contribution < -0.4 is 4.74 Å². The average Bonchev–Trinajstić information content (AvgIpc) is 2.71. The van der Waals surface area contributed by atoms with E-state index in [1.165, 1.54) is 19.2 Å². The van der Waals surface area contributed by atoms with E-state index in [1.807, 2.05) is 6.92 Å². The second-order valence-corrected chi connectivity index (χ2v) is 6.69. The predicted octanol–water partition coefficient (Wildman–Crippen LogP) is 6.00. The van der Waals surface area contributed by atoms with Gasteiger partial charge in [-0.2, -0.15) is 13.2 Å². The van der Waals surface area contributed by atoms with E-state index in [4.69, 9.17) is 9.47 Å². The summed E-state index contributed by atoms with van der Waals surface area (Å²) in [6.07, 6.45) is -4.49. The molecule has 152 valence electrons. The molecule has 0 amide bonds. The van der Waals surface area contributed by atoms with Crippen molar-refractivity contribution in [3.8, 4) is 17.0 Å². The Kier molecular flexibility index (Phi) is 6.12. The molecule has 0 radical (unpaired) electrons. The Labute approximate surface area is 173 Å². The number of pyridine rings is 1. The number of aromatic nitrogens is 1. The minimum absolute atomic E-state index is 0.208. The molecule has 0 aliphatic rings. The van der Waals surface area contributed by atoms with E-state index in [1.54, 1.807) is 18.2 Å². The van der Waals surface area contributed by atoms with Gasteiger partial charge in [-0.05, 0) is 31.2 Å². The van der Waals surface area contributed by atoms with Gasteiger partial charge in [-0.15, -0.1) is 0 Å². The highest BCUT2D eigenvalue weighted by Gasteiger charge is 2.31. The molecule has 3 rings (SSSR count). The van der Waals surface area contributed by atoms with Crippen LogP contribution in [-0.2, 0) is 16.2 Å². The summed E-state index contributed by atoms with van der Waals surface area (Å²) in [4.78, 5) is 17.1. The van der Waals surface area contributed by atoms with Crippen LogP contribution in [0, 0.1) is 0 Å². The Morgan fingerprint density at radius 2 is 1.93 bits per heavy atom. The van der Waals surface area contributed by atoms with Gasteiger partial charge in [0, 0.05) is 27.9 Å². The first kappa shape index (κ1) is 21.1. The summed E-state index contributed by atoms with van der Waals surface area (Å²) in [5.41, 5.74) is 0.865. The number of benzene rings is 2. The van der Waals surface area contributed by atoms with E-state index in [0.717, 1.165) is 12.1 Å². The maximum absolute atomic E-state index is 13.2. The van der Waals surface area contributed by atoms with Crippen molar-refractivity contribution in [1.29, 1.82) is 0 Å². The van der Waals surface area contributed by atoms with Gasteiger partial charge in [0.25, 0.3) is 0 Å². The van der Waals surface area contributed by atoms with Gasteiger partial charge in [-0.1, -0.05) is 28.1 Å². The summed E-state index contributed by atoms with van der Waals surface area (Å²) >= 11 is 3.34. The maximum Gasteiger partial charge on any atom is 0.416 e. The van der Waals surface area contributed by atoms with Gasteiger partial charge in [-0.25, -0.2) is 9.78 Å². The molecule has 2 aromatic carbocycles. The lowest BCUT2D eigenvalue weighted by atomic mass is 9.96. The maximum atomic E-state index is 13.2. The number of methoxy groups -OCH3 is 1. The van der Waals surface area contributed by atoms with Crippen LogP contribution in [0.1, 0.15) is 28.4 Å². The van der Waals surface area contributed by atoms with E-state index >= 15 is 0 Å². The number of nitrogens with zero attached hydrogens (tertiary/aromatic N) is 1. The summed E-state index contributed by atoms with van der Waals surface area (Å²) in [7, 11) is 1.26. The van der Waals surface area contributed by atoms with Gasteiger partial charge in [0.15, 0.2) is 0 Å². The van der Waals surface area contributed by atoms with Crippen molar-refractivity contribution in [2.75, 3.05) is 13.7 Å². The highest BCUT2D eigenvalue weighted by molar-refractivity contribution is 9.08. The van der Waals surface area contributed by atoms with Gasteiger partial charge >= 0.3 is 12.1 Å². The van der Waals surface area contributed by atoms with Crippen molar-refractivity contribution in [1.82, 2.24) is 4.98 Å². The third-order valence-electron chi connectivity index (χ3n) is 4.36. The number of alkyl halides is 4. The number of ether oxygens (including phenoxy) is 2. The molecule has 0 N–H and O–H groups in total. The number of hydrogen-bond acceptors (Lipinski definition) is 4. The Morgan fingerprint density at radius 1 is 1.17 bits per heavy atom. The first-order chi connectivity index (χ1) is 13.8. The average molecular weight is 468 g/mol. The Balaban J connectivity index is 2.35. The van der Waals surface area contributed by atoms with Crippen LogP contribution in [0.15, 0.2) is 42.5 Å². The normalized spacial score (nSPS) is 11.5. The van der Waals surface area contributed by atoms with Crippen LogP contribution >= 0.6 is 15.9 Å². The number of carbonyl (C=O) groups excluding carboxylic acids is 1. The molecule has 0 saturated carbocycles. The molecule has 3 aromatic rings. The van der Waals surface area contributed by atoms with E-state index in [-0.39, 0.29) is 22.2 Å². The molecule has 0 saturated heterocycles. The van der Waals surface area contributed by atoms with Crippen molar-refractivity contribution in [2.45, 2.75) is 18.4 Å². The van der Waals surface area contributed by atoms with Gasteiger partial charge in [0.05, 0.1) is 36.1 Å². The lowest BCUT2D eigenvalue weighted by molar-refractivity contribution is -0.137. The predicted molar refractivity (Wildman–Crippen MR) is 107 cm³/mol. The number of fused-ring (bicyclic) bond motifs is 1. The fraction of sp³-hybridized carbons (Fsp3) is 0.238. The smallest absolute Gasteiger partial charge is 0.416 e. The third kappa shape index (κ3) is 4.22. The quantitative estimate of drug-likeness (QED) is 0.341. The lowest BCUT2D eigenvalue weighted by Gasteiger charge is -2.16. The molecule has 0 aliphatic heterocycles. The molecule has 0 aliphatic carbocycles. The van der Waals surface area contributed by atoms with E-state index in [2.05, 4.69) is 20.9 Å². The van der Waals surface area contributed by atoms with Crippen LogP contribution in [0.5, 0.6) is 5.75 Å². The zero-order chi connectivity index (χ0) is 21.2. The summed E-state index contributed by atoms with van der Waals surface area (Å²) in [5.74, 6) is -0.0471. The van der Waals surface area contributed by atoms with E-state index < -0.39 is 17.7 Å². The van der Waals surface area contributed by atoms with Crippen molar-refractivity contribution in [3.63, 3.8) is 0 Å². The third-order valence-corrected chi connectivity index (χ3v) is 4.92. The molecule has 0 spiro atoms. The van der Waals surface area contributed by atoms with Crippen molar-refractivity contribution >= 4 is 32.8 Å². The first-order valence-corrected chi connectivity index (χ1v) is 9.83. The highest BCUT2D eigenvalue weighted by Crippen LogP contribution is 2.36. The van der Waals surface area contributed by atoms with Crippen LogP contribution in [-0.4, -0.2) is 24.7 Å². The molecule has 4 nitrogen and oxygen atoms in total. The number of esters is 1. The molecular formula is C21H17BrF3NO3. The van der Waals surface area contributed by atoms with Crippen LogP contribution in [0.2, 0.25) is 0 Å². The Morgan fingerprint density at radius 3 is 2.55 bits per heavy atom. The minimum atomic E-state index is -4.49. The summed E-state index contributed by atoms with van der Waals surface area (Å²) in [5, 5.41) is 0.740. The summed E-state index contributed by atoms with van der Waals surface area (Å²) in [6.45, 7) is 2.27. The highest BCUT2D eigenvalue weighted by atomic mass is 79.9. The molecule has 0 atom stereocenters. The standard InChI is InChI=1S/C21H17BrF3NO3/c1-3-29-14-7-8-15-17(10-14)26-19(16(11-22)18(15)20(27)28-2)12-5-4-6-13(9-12)21(23,24)25/h4-10H,3,11H2,1-2H3. The fourth-order valence-corrected chi connectivity index (χ4v) is 3.63. The van der Waals surface area contributed by atoms with E-state index in [9.17, 15) is 18.0 Å². The number of carbonyl (C=O) groups is 1. The Bertz CT molecular complexity index is 1070. The second-order valence-electron chi connectivity index (χ2n) is 6.13. The van der Waals surface area contributed by atoms with Crippen molar-refractivity contribution in [2.24, 2.45) is 0 Å². The first-order valence-electron chi connectivity index (χ1n) is 8.71. The van der Waals surface area contributed by atoms with Crippen LogP contribution in [0.3, 0.4) is 0 Å². The van der Waals surface area contributed by atoms with Gasteiger partial charge in [0.2, 0.25) is 0 Å². The van der Waals surface area contributed by atoms with E-state index in [0.29, 0.717) is 28.8 Å². The monoisotopic (exact) mass is 467 g/mol. The topological polar surface area (TPSA) is 48.4 Å². The second kappa shape index (κ2) is 8.41. The number of halogens is 4. The zero-order valence-corrected chi connectivity index (χ0v) is 17.2. The molecular weight excluding hydrogens is 451 g/mol. The fourth-order valence-electron chi connectivity index (χ4n) is 3.09. The van der Waals surface area contributed by atoms with Crippen LogP contribution in [0.4, 0.5) is 13.2 Å². The molecule has 8 heteroatoms. The molecule has 29 heavy (non-hydrogen) atoms. The zero-order valence-electron chi connectivity index (χ0n) is 15.6.